The summed E-state index contributed by atoms with van der Waals surface area (Å²) in [6.45, 7) is 6.30. The van der Waals surface area contributed by atoms with Crippen LogP contribution >= 0.6 is 0 Å². The van der Waals surface area contributed by atoms with E-state index in [2.05, 4.69) is 25.8 Å². The Balaban J connectivity index is 2.94. The van der Waals surface area contributed by atoms with E-state index >= 15 is 0 Å². The summed E-state index contributed by atoms with van der Waals surface area (Å²) in [5, 5.41) is 0. The van der Waals surface area contributed by atoms with Gasteiger partial charge in [0.25, 0.3) is 0 Å². The molecular formula is C9H16N2. The summed E-state index contributed by atoms with van der Waals surface area (Å²) in [6.07, 6.45) is 3.00. The van der Waals surface area contributed by atoms with Gasteiger partial charge in [0.15, 0.2) is 0 Å². The zero-order valence-corrected chi connectivity index (χ0v) is 7.44. The van der Waals surface area contributed by atoms with Gasteiger partial charge in [-0.05, 0) is 31.4 Å². The van der Waals surface area contributed by atoms with Crippen LogP contribution in [0, 0.1) is 13.8 Å². The smallest absolute Gasteiger partial charge is 0.0447 e. The van der Waals surface area contributed by atoms with Crippen molar-refractivity contribution in [2.45, 2.75) is 33.2 Å². The first-order valence-electron chi connectivity index (χ1n) is 4.06. The summed E-state index contributed by atoms with van der Waals surface area (Å²) < 4.78 is 0. The summed E-state index contributed by atoms with van der Waals surface area (Å²) in [5.74, 6) is 0. The Morgan fingerprint density at radius 3 is 2.55 bits per heavy atom. The van der Waals surface area contributed by atoms with Gasteiger partial charge in [-0.2, -0.15) is 0 Å². The van der Waals surface area contributed by atoms with Crippen molar-refractivity contribution in [2.75, 3.05) is 0 Å². The van der Waals surface area contributed by atoms with Crippen LogP contribution in [0.5, 0.6) is 0 Å². The minimum atomic E-state index is 0.170. The van der Waals surface area contributed by atoms with Crippen molar-refractivity contribution in [1.82, 2.24) is 4.98 Å². The minimum Gasteiger partial charge on any atom is -0.363 e. The third-order valence-corrected chi connectivity index (χ3v) is 2.25. The fourth-order valence-corrected chi connectivity index (χ4v) is 1.20. The van der Waals surface area contributed by atoms with Gasteiger partial charge in [-0.3, -0.25) is 0 Å². The van der Waals surface area contributed by atoms with Gasteiger partial charge >= 0.3 is 0 Å². The van der Waals surface area contributed by atoms with Crippen LogP contribution in [0.1, 0.15) is 36.2 Å². The summed E-state index contributed by atoms with van der Waals surface area (Å²) in [6, 6.07) is 0.170. The lowest BCUT2D eigenvalue weighted by atomic mass is 10.1. The van der Waals surface area contributed by atoms with Crippen LogP contribution in [0.15, 0.2) is 6.20 Å². The normalized spacial score (nSPS) is 13.5. The molecule has 11 heavy (non-hydrogen) atoms. The van der Waals surface area contributed by atoms with Crippen LogP contribution in [0.4, 0.5) is 0 Å². The van der Waals surface area contributed by atoms with Crippen molar-refractivity contribution in [3.05, 3.63) is 23.0 Å². The zero-order chi connectivity index (χ0) is 8.43. The summed E-state index contributed by atoms with van der Waals surface area (Å²) >= 11 is 0. The molecule has 0 saturated heterocycles. The van der Waals surface area contributed by atoms with E-state index in [-0.39, 0.29) is 6.04 Å². The third-order valence-electron chi connectivity index (χ3n) is 2.25. The number of aromatic nitrogens is 1. The van der Waals surface area contributed by atoms with Crippen LogP contribution in [0.25, 0.3) is 0 Å². The second kappa shape index (κ2) is 3.09. The molecule has 2 nitrogen and oxygen atoms in total. The van der Waals surface area contributed by atoms with E-state index in [9.17, 15) is 0 Å². The monoisotopic (exact) mass is 152 g/mol. The summed E-state index contributed by atoms with van der Waals surface area (Å²) in [5.41, 5.74) is 9.66. The molecule has 0 aliphatic heterocycles. The van der Waals surface area contributed by atoms with Crippen LogP contribution in [-0.4, -0.2) is 4.98 Å². The molecule has 0 aliphatic carbocycles. The van der Waals surface area contributed by atoms with Crippen LogP contribution in [-0.2, 0) is 0 Å². The molecule has 1 aromatic rings. The Bertz CT molecular complexity index is 238. The van der Waals surface area contributed by atoms with Crippen molar-refractivity contribution < 1.29 is 0 Å². The second-order valence-corrected chi connectivity index (χ2v) is 3.03. The molecule has 1 heterocycles. The maximum atomic E-state index is 5.88. The molecule has 1 aromatic heterocycles. The molecule has 0 fully saturated rings. The third kappa shape index (κ3) is 1.46. The number of rotatable bonds is 2. The molecule has 0 spiro atoms. The van der Waals surface area contributed by atoms with E-state index in [1.165, 1.54) is 16.8 Å². The van der Waals surface area contributed by atoms with Gasteiger partial charge in [0, 0.05) is 17.9 Å². The van der Waals surface area contributed by atoms with Crippen molar-refractivity contribution in [3.8, 4) is 0 Å². The Labute approximate surface area is 67.8 Å². The highest BCUT2D eigenvalue weighted by molar-refractivity contribution is 5.30. The highest BCUT2D eigenvalue weighted by Crippen LogP contribution is 2.18. The molecule has 0 radical (unpaired) electrons. The zero-order valence-electron chi connectivity index (χ0n) is 7.44. The van der Waals surface area contributed by atoms with Gasteiger partial charge in [0.05, 0.1) is 0 Å². The molecule has 0 aromatic carbocycles. The number of aromatic amines is 1. The fourth-order valence-electron chi connectivity index (χ4n) is 1.20. The largest absolute Gasteiger partial charge is 0.363 e. The first-order valence-corrected chi connectivity index (χ1v) is 4.06. The summed E-state index contributed by atoms with van der Waals surface area (Å²) in [4.78, 5) is 3.20. The Kier molecular flexibility index (Phi) is 2.35. The number of nitrogens with one attached hydrogen (secondary N) is 1. The lowest BCUT2D eigenvalue weighted by Crippen LogP contribution is -2.10. The van der Waals surface area contributed by atoms with Gasteiger partial charge in [-0.15, -0.1) is 0 Å². The van der Waals surface area contributed by atoms with E-state index in [4.69, 9.17) is 5.73 Å². The van der Waals surface area contributed by atoms with E-state index in [0.29, 0.717) is 0 Å². The lowest BCUT2D eigenvalue weighted by molar-refractivity contribution is 0.675. The van der Waals surface area contributed by atoms with Gasteiger partial charge < -0.3 is 10.7 Å². The van der Waals surface area contributed by atoms with Crippen LogP contribution < -0.4 is 5.73 Å². The maximum Gasteiger partial charge on any atom is 0.0447 e. The van der Waals surface area contributed by atoms with Gasteiger partial charge in [-0.1, -0.05) is 6.92 Å². The molecular weight excluding hydrogens is 136 g/mol. The van der Waals surface area contributed by atoms with Crippen molar-refractivity contribution in [2.24, 2.45) is 5.73 Å². The van der Waals surface area contributed by atoms with Crippen molar-refractivity contribution in [3.63, 3.8) is 0 Å². The second-order valence-electron chi connectivity index (χ2n) is 3.03. The Morgan fingerprint density at radius 1 is 1.55 bits per heavy atom. The highest BCUT2D eigenvalue weighted by atomic mass is 14.8. The molecule has 1 rings (SSSR count). The van der Waals surface area contributed by atoms with Crippen LogP contribution in [0.3, 0.4) is 0 Å². The predicted octanol–water partition coefficient (Wildman–Crippen LogP) is 2.04. The number of hydrogen-bond acceptors (Lipinski definition) is 1. The molecule has 0 saturated carbocycles. The average Bonchev–Trinajstić information content (AvgIpc) is 2.32. The quantitative estimate of drug-likeness (QED) is 0.669. The minimum absolute atomic E-state index is 0.170. The Hall–Kier alpha value is -0.760. The van der Waals surface area contributed by atoms with Gasteiger partial charge in [-0.25, -0.2) is 0 Å². The van der Waals surface area contributed by atoms with Gasteiger partial charge in [0.1, 0.15) is 0 Å². The Morgan fingerprint density at radius 2 is 2.18 bits per heavy atom. The molecule has 2 heteroatoms. The highest BCUT2D eigenvalue weighted by Gasteiger charge is 2.08. The standard InChI is InChI=1S/C9H16N2/c1-4-8(10)9-7(3)6(2)5-11-9/h5,8,11H,4,10H2,1-3H3/t8-/m0/s1. The van der Waals surface area contributed by atoms with E-state index < -0.39 is 0 Å². The van der Waals surface area contributed by atoms with E-state index in [1.54, 1.807) is 0 Å². The van der Waals surface area contributed by atoms with E-state index in [0.717, 1.165) is 6.42 Å². The number of nitrogens with two attached hydrogens (primary N) is 1. The predicted molar refractivity (Wildman–Crippen MR) is 47.5 cm³/mol. The van der Waals surface area contributed by atoms with Crippen molar-refractivity contribution >= 4 is 0 Å². The van der Waals surface area contributed by atoms with Crippen molar-refractivity contribution in [1.29, 1.82) is 0 Å². The number of aryl methyl sites for hydroxylation is 1. The maximum absolute atomic E-state index is 5.88. The lowest BCUT2D eigenvalue weighted by Gasteiger charge is -2.07. The van der Waals surface area contributed by atoms with E-state index in [1.807, 2.05) is 6.20 Å². The molecule has 0 unspecified atom stereocenters. The van der Waals surface area contributed by atoms with Gasteiger partial charge in [0.2, 0.25) is 0 Å². The number of hydrogen-bond donors (Lipinski definition) is 2. The first kappa shape index (κ1) is 8.34. The molecule has 1 atom stereocenters. The number of H-pyrrole nitrogens is 1. The topological polar surface area (TPSA) is 41.8 Å². The van der Waals surface area contributed by atoms with Crippen LogP contribution in [0.2, 0.25) is 0 Å². The fraction of sp³-hybridized carbons (Fsp3) is 0.556. The molecule has 3 N–H and O–H groups in total. The summed E-state index contributed by atoms with van der Waals surface area (Å²) in [7, 11) is 0. The first-order chi connectivity index (χ1) is 5.16. The molecule has 0 bridgehead atoms. The average molecular weight is 152 g/mol. The molecule has 62 valence electrons. The SMILES string of the molecule is CC[C@H](N)c1[nH]cc(C)c1C. The molecule has 0 aliphatic rings. The molecule has 0 amide bonds.